The smallest absolute Gasteiger partial charge is 0.330 e. The van der Waals surface area contributed by atoms with Crippen molar-refractivity contribution in [2.24, 2.45) is 11.5 Å². The average molecular weight is 570 g/mol. The molecule has 0 radical (unpaired) electrons. The van der Waals surface area contributed by atoms with E-state index in [0.29, 0.717) is 37.2 Å². The van der Waals surface area contributed by atoms with Crippen LogP contribution in [0.25, 0.3) is 11.2 Å². The van der Waals surface area contributed by atoms with Gasteiger partial charge in [0.15, 0.2) is 11.2 Å². The van der Waals surface area contributed by atoms with Crippen molar-refractivity contribution in [3.05, 3.63) is 52.1 Å². The van der Waals surface area contributed by atoms with Gasteiger partial charge in [0, 0.05) is 17.7 Å². The van der Waals surface area contributed by atoms with E-state index in [9.17, 15) is 29.1 Å². The Balaban J connectivity index is 1.50. The second-order valence-electron chi connectivity index (χ2n) is 9.00. The van der Waals surface area contributed by atoms with Crippen LogP contribution in [0.2, 0.25) is 0 Å². The lowest BCUT2D eigenvalue weighted by molar-refractivity contribution is -0.160. The van der Waals surface area contributed by atoms with Crippen LogP contribution in [0.15, 0.2) is 35.3 Å². The van der Waals surface area contributed by atoms with Gasteiger partial charge in [0.1, 0.15) is 12.1 Å². The molecule has 218 valence electrons. The van der Waals surface area contributed by atoms with Gasteiger partial charge in [-0.1, -0.05) is 6.42 Å². The Morgan fingerprint density at radius 1 is 1.07 bits per heavy atom. The number of hydrogen-bond acceptors (Lipinski definition) is 13. The number of carbonyl (C=O) groups excluding carboxylic acids is 3. The standard InChI is InChI=1S/C25H31N9O7/c26-10-2-1-3-16(27)24(40)41-18(35)9-8-17(23(38)39)32-21(36)13-4-6-14(7-5-13)29-11-15-12-30-20-19(31-15)22(37)34-25(28)33-20/h4-7,12,16-17,29H,1-3,8-11,26-27H2,(H,32,36)(H,38,39)(H3,28,30,33,34,37)/t16-,17-/m0/s1. The molecule has 0 unspecified atom stereocenters. The third kappa shape index (κ3) is 9.04. The number of esters is 2. The number of amides is 1. The molecule has 0 saturated heterocycles. The Hall–Kier alpha value is -4.96. The third-order valence-corrected chi connectivity index (χ3v) is 5.84. The first-order chi connectivity index (χ1) is 19.6. The van der Waals surface area contributed by atoms with Crippen LogP contribution in [-0.2, 0) is 25.7 Å². The largest absolute Gasteiger partial charge is 0.480 e. The summed E-state index contributed by atoms with van der Waals surface area (Å²) >= 11 is 0. The molecule has 2 aromatic heterocycles. The molecule has 2 heterocycles. The molecule has 2 atom stereocenters. The number of carbonyl (C=O) groups is 4. The van der Waals surface area contributed by atoms with Crippen molar-refractivity contribution < 1.29 is 29.0 Å². The second kappa shape index (κ2) is 14.4. The van der Waals surface area contributed by atoms with Gasteiger partial charge in [-0.05, 0) is 50.1 Å². The van der Waals surface area contributed by atoms with E-state index < -0.39 is 47.9 Å². The first-order valence-corrected chi connectivity index (χ1v) is 12.7. The molecule has 0 bridgehead atoms. The molecule has 0 fully saturated rings. The van der Waals surface area contributed by atoms with Crippen LogP contribution >= 0.6 is 0 Å². The molecule has 3 aromatic rings. The van der Waals surface area contributed by atoms with Crippen molar-refractivity contribution in [2.75, 3.05) is 17.6 Å². The van der Waals surface area contributed by atoms with Crippen molar-refractivity contribution in [3.63, 3.8) is 0 Å². The van der Waals surface area contributed by atoms with Crippen molar-refractivity contribution >= 4 is 46.6 Å². The van der Waals surface area contributed by atoms with Crippen LogP contribution in [0.5, 0.6) is 0 Å². The monoisotopic (exact) mass is 569 g/mol. The molecule has 0 aliphatic heterocycles. The molecular formula is C25H31N9O7. The molecule has 1 amide bonds. The van der Waals surface area contributed by atoms with Crippen LogP contribution in [-0.4, -0.2) is 67.5 Å². The number of fused-ring (bicyclic) bond motifs is 1. The van der Waals surface area contributed by atoms with E-state index in [1.54, 1.807) is 12.1 Å². The number of H-pyrrole nitrogens is 1. The number of benzene rings is 1. The number of nitrogens with two attached hydrogens (primary N) is 3. The minimum atomic E-state index is -1.40. The molecular weight excluding hydrogens is 538 g/mol. The van der Waals surface area contributed by atoms with Crippen LogP contribution < -0.4 is 33.4 Å². The minimum absolute atomic E-state index is 0.0419. The van der Waals surface area contributed by atoms with Crippen LogP contribution in [0.1, 0.15) is 48.2 Å². The van der Waals surface area contributed by atoms with E-state index >= 15 is 0 Å². The number of hydrogen-bond donors (Lipinski definition) is 7. The minimum Gasteiger partial charge on any atom is -0.480 e. The number of anilines is 2. The zero-order chi connectivity index (χ0) is 29.9. The molecule has 0 aliphatic carbocycles. The first kappa shape index (κ1) is 30.6. The number of aromatic amines is 1. The highest BCUT2D eigenvalue weighted by Crippen LogP contribution is 2.13. The Labute approximate surface area is 233 Å². The van der Waals surface area contributed by atoms with Crippen LogP contribution in [0.3, 0.4) is 0 Å². The maximum absolute atomic E-state index is 12.6. The summed E-state index contributed by atoms with van der Waals surface area (Å²) in [5.41, 5.74) is 17.4. The van der Waals surface area contributed by atoms with E-state index in [1.807, 2.05) is 0 Å². The number of carboxylic acid groups (broad SMARTS) is 1. The predicted molar refractivity (Wildman–Crippen MR) is 146 cm³/mol. The highest BCUT2D eigenvalue weighted by atomic mass is 16.6. The van der Waals surface area contributed by atoms with Gasteiger partial charge in [0.2, 0.25) is 5.95 Å². The maximum atomic E-state index is 12.6. The number of aliphatic carboxylic acids is 1. The molecule has 0 saturated carbocycles. The molecule has 0 spiro atoms. The van der Waals surface area contributed by atoms with Gasteiger partial charge in [0.05, 0.1) is 18.4 Å². The fourth-order valence-corrected chi connectivity index (χ4v) is 3.62. The van der Waals surface area contributed by atoms with Gasteiger partial charge in [-0.3, -0.25) is 14.4 Å². The Morgan fingerprint density at radius 3 is 2.49 bits per heavy atom. The number of rotatable bonds is 14. The zero-order valence-electron chi connectivity index (χ0n) is 22.0. The van der Waals surface area contributed by atoms with Crippen LogP contribution in [0, 0.1) is 0 Å². The van der Waals surface area contributed by atoms with Crippen molar-refractivity contribution in [1.82, 2.24) is 25.3 Å². The molecule has 16 nitrogen and oxygen atoms in total. The topological polar surface area (TPSA) is 271 Å². The normalized spacial score (nSPS) is 12.3. The first-order valence-electron chi connectivity index (χ1n) is 12.7. The highest BCUT2D eigenvalue weighted by Gasteiger charge is 2.24. The second-order valence-corrected chi connectivity index (χ2v) is 9.00. The Morgan fingerprint density at radius 2 is 1.80 bits per heavy atom. The maximum Gasteiger partial charge on any atom is 0.330 e. The average Bonchev–Trinajstić information content (AvgIpc) is 2.94. The number of aromatic nitrogens is 4. The molecule has 41 heavy (non-hydrogen) atoms. The number of carboxylic acids is 1. The van der Waals surface area contributed by atoms with E-state index in [1.165, 1.54) is 18.3 Å². The summed E-state index contributed by atoms with van der Waals surface area (Å²) in [6, 6.07) is 3.74. The van der Waals surface area contributed by atoms with Gasteiger partial charge in [-0.15, -0.1) is 0 Å². The Bertz CT molecular complexity index is 1460. The zero-order valence-corrected chi connectivity index (χ0v) is 22.0. The van der Waals surface area contributed by atoms with Crippen molar-refractivity contribution in [1.29, 1.82) is 0 Å². The lowest BCUT2D eigenvalue weighted by Gasteiger charge is -2.15. The van der Waals surface area contributed by atoms with E-state index in [-0.39, 0.29) is 35.6 Å². The summed E-state index contributed by atoms with van der Waals surface area (Å²) in [6.07, 6.45) is 2.31. The van der Waals surface area contributed by atoms with Gasteiger partial charge in [-0.2, -0.15) is 4.98 Å². The third-order valence-electron chi connectivity index (χ3n) is 5.84. The highest BCUT2D eigenvalue weighted by molar-refractivity contribution is 5.97. The SMILES string of the molecule is NCCCC[C@H](N)C(=O)OC(=O)CC[C@H](NC(=O)c1ccc(NCc2cnc3[nH]c(N)nc(=O)c3n2)cc1)C(=O)O. The lowest BCUT2D eigenvalue weighted by atomic mass is 10.1. The van der Waals surface area contributed by atoms with E-state index in [0.717, 1.165) is 0 Å². The molecule has 16 heteroatoms. The van der Waals surface area contributed by atoms with Gasteiger partial charge >= 0.3 is 23.5 Å². The predicted octanol–water partition coefficient (Wildman–Crippen LogP) is -0.603. The summed E-state index contributed by atoms with van der Waals surface area (Å²) in [4.78, 5) is 74.7. The summed E-state index contributed by atoms with van der Waals surface area (Å²) in [5, 5.41) is 14.9. The fourth-order valence-electron chi connectivity index (χ4n) is 3.62. The van der Waals surface area contributed by atoms with Gasteiger partial charge < -0.3 is 42.7 Å². The molecule has 3 rings (SSSR count). The number of nitrogens with one attached hydrogen (secondary N) is 3. The van der Waals surface area contributed by atoms with Crippen LogP contribution in [0.4, 0.5) is 11.6 Å². The Kier molecular flexibility index (Phi) is 10.8. The molecule has 1 aromatic carbocycles. The van der Waals surface area contributed by atoms with Gasteiger partial charge in [0.25, 0.3) is 5.91 Å². The molecule has 10 N–H and O–H groups in total. The van der Waals surface area contributed by atoms with Crippen molar-refractivity contribution in [2.45, 2.75) is 50.7 Å². The summed E-state index contributed by atoms with van der Waals surface area (Å²) < 4.78 is 4.68. The van der Waals surface area contributed by atoms with E-state index in [4.69, 9.17) is 17.2 Å². The molecule has 0 aliphatic rings. The van der Waals surface area contributed by atoms with Gasteiger partial charge in [-0.25, -0.2) is 19.6 Å². The summed E-state index contributed by atoms with van der Waals surface area (Å²) in [5.74, 6) is -3.95. The fraction of sp³-hybridized carbons (Fsp3) is 0.360. The number of ether oxygens (including phenoxy) is 1. The van der Waals surface area contributed by atoms with E-state index in [2.05, 4.69) is 35.3 Å². The quantitative estimate of drug-likeness (QED) is 0.0725. The summed E-state index contributed by atoms with van der Waals surface area (Å²) in [7, 11) is 0. The lowest BCUT2D eigenvalue weighted by Crippen LogP contribution is -2.41. The number of nitrogen functional groups attached to an aromatic ring is 1. The summed E-state index contributed by atoms with van der Waals surface area (Å²) in [6.45, 7) is 0.654. The number of unbranched alkanes of at least 4 members (excludes halogenated alkanes) is 1. The van der Waals surface area contributed by atoms with Crippen molar-refractivity contribution in [3.8, 4) is 0 Å². The number of nitrogens with zero attached hydrogens (tertiary/aromatic N) is 3.